The molecule has 2 aliphatic rings. The Bertz CT molecular complexity index is 1070. The summed E-state index contributed by atoms with van der Waals surface area (Å²) in [6, 6.07) is 21.8. The van der Waals surface area contributed by atoms with Gasteiger partial charge in [0.25, 0.3) is 5.91 Å². The molecule has 32 heavy (non-hydrogen) atoms. The lowest BCUT2D eigenvalue weighted by atomic mass is 9.96. The Morgan fingerprint density at radius 1 is 0.969 bits per heavy atom. The zero-order valence-electron chi connectivity index (χ0n) is 18.8. The third kappa shape index (κ3) is 4.36. The van der Waals surface area contributed by atoms with E-state index in [0.717, 1.165) is 29.8 Å². The van der Waals surface area contributed by atoms with Crippen molar-refractivity contribution in [2.75, 3.05) is 33.2 Å². The molecule has 2 aromatic carbocycles. The van der Waals surface area contributed by atoms with E-state index in [9.17, 15) is 4.79 Å². The maximum atomic E-state index is 12.6. The van der Waals surface area contributed by atoms with E-state index in [1.165, 1.54) is 37.1 Å². The van der Waals surface area contributed by atoms with Gasteiger partial charge in [-0.2, -0.15) is 0 Å². The van der Waals surface area contributed by atoms with Gasteiger partial charge in [-0.1, -0.05) is 54.6 Å². The van der Waals surface area contributed by atoms with Crippen LogP contribution < -0.4 is 10.6 Å². The number of hydrogen-bond donors (Lipinski definition) is 2. The van der Waals surface area contributed by atoms with Gasteiger partial charge in [0.15, 0.2) is 0 Å². The predicted octanol–water partition coefficient (Wildman–Crippen LogP) is 4.18. The minimum Gasteiger partial charge on any atom is -0.349 e. The van der Waals surface area contributed by atoms with Crippen LogP contribution in [0.1, 0.15) is 35.8 Å². The number of nitrogens with one attached hydrogen (secondary N) is 2. The normalized spacial score (nSPS) is 19.5. The molecule has 166 valence electrons. The summed E-state index contributed by atoms with van der Waals surface area (Å²) >= 11 is 0. The van der Waals surface area contributed by atoms with Gasteiger partial charge < -0.3 is 20.1 Å². The number of benzene rings is 2. The van der Waals surface area contributed by atoms with Crippen molar-refractivity contribution in [3.8, 4) is 22.3 Å². The molecule has 2 N–H and O–H groups in total. The Balaban J connectivity index is 1.36. The van der Waals surface area contributed by atoms with Crippen LogP contribution in [0.15, 0.2) is 66.9 Å². The molecule has 1 atom stereocenters. The van der Waals surface area contributed by atoms with Gasteiger partial charge in [0.1, 0.15) is 5.69 Å². The fraction of sp³-hybridized carbons (Fsp3) is 0.370. The summed E-state index contributed by atoms with van der Waals surface area (Å²) < 4.78 is 2.20. The van der Waals surface area contributed by atoms with Gasteiger partial charge in [-0.3, -0.25) is 4.79 Å². The van der Waals surface area contributed by atoms with E-state index in [4.69, 9.17) is 0 Å². The molecule has 5 nitrogen and oxygen atoms in total. The van der Waals surface area contributed by atoms with Crippen LogP contribution >= 0.6 is 0 Å². The van der Waals surface area contributed by atoms with E-state index in [2.05, 4.69) is 81.9 Å². The highest BCUT2D eigenvalue weighted by Gasteiger charge is 2.26. The highest BCUT2D eigenvalue weighted by molar-refractivity contribution is 5.96. The zero-order valence-corrected chi connectivity index (χ0v) is 18.8. The molecular formula is C27H32N4O. The Hall–Kier alpha value is -2.89. The molecule has 0 saturated carbocycles. The summed E-state index contributed by atoms with van der Waals surface area (Å²) in [6.07, 6.45) is 5.62. The first-order valence-corrected chi connectivity index (χ1v) is 11.8. The number of nitrogens with zero attached hydrogens (tertiary/aromatic N) is 2. The number of piperidine rings is 1. The number of fused-ring (bicyclic) bond motifs is 1. The van der Waals surface area contributed by atoms with E-state index in [1.54, 1.807) is 0 Å². The Labute approximate surface area is 190 Å². The summed E-state index contributed by atoms with van der Waals surface area (Å²) in [5, 5.41) is 6.85. The molecule has 5 heteroatoms. The third-order valence-electron chi connectivity index (χ3n) is 6.92. The second-order valence-corrected chi connectivity index (χ2v) is 9.12. The van der Waals surface area contributed by atoms with E-state index in [1.807, 2.05) is 12.1 Å². The zero-order chi connectivity index (χ0) is 21.9. The van der Waals surface area contributed by atoms with Crippen LogP contribution in [0.3, 0.4) is 0 Å². The fourth-order valence-corrected chi connectivity index (χ4v) is 5.02. The van der Waals surface area contributed by atoms with Crippen molar-refractivity contribution in [2.24, 2.45) is 0 Å². The third-order valence-corrected chi connectivity index (χ3v) is 6.92. The standard InChI is InChI=1S/C27H32N4O/c1-30-15-12-22(13-16-30)28-14-11-23-18-29-27(32)26-17-21(19-31(23)26)25-10-6-5-9-24(25)20-7-3-2-4-8-20/h2-10,17,19,22-23,28H,11-16,18H2,1H3,(H,29,32). The number of carbonyl (C=O) groups excluding carboxylic acids is 1. The Kier molecular flexibility index (Phi) is 6.10. The number of likely N-dealkylation sites (tertiary alicyclic amines) is 1. The van der Waals surface area contributed by atoms with Crippen LogP contribution in [0.5, 0.6) is 0 Å². The lowest BCUT2D eigenvalue weighted by molar-refractivity contribution is 0.0912. The second-order valence-electron chi connectivity index (χ2n) is 9.12. The Morgan fingerprint density at radius 2 is 1.66 bits per heavy atom. The topological polar surface area (TPSA) is 49.3 Å². The van der Waals surface area contributed by atoms with Crippen LogP contribution in [-0.2, 0) is 0 Å². The largest absolute Gasteiger partial charge is 0.349 e. The molecule has 0 spiro atoms. The molecule has 1 fully saturated rings. The molecule has 1 amide bonds. The average Bonchev–Trinajstić information content (AvgIpc) is 3.29. The first-order chi connectivity index (χ1) is 15.7. The number of carbonyl (C=O) groups is 1. The molecule has 2 aliphatic heterocycles. The van der Waals surface area contributed by atoms with E-state index in [-0.39, 0.29) is 11.9 Å². The first-order valence-electron chi connectivity index (χ1n) is 11.8. The van der Waals surface area contributed by atoms with Crippen LogP contribution in [-0.4, -0.2) is 54.6 Å². The van der Waals surface area contributed by atoms with Crippen molar-refractivity contribution in [3.63, 3.8) is 0 Å². The van der Waals surface area contributed by atoms with Crippen LogP contribution in [0.2, 0.25) is 0 Å². The maximum Gasteiger partial charge on any atom is 0.268 e. The molecule has 3 heterocycles. The van der Waals surface area contributed by atoms with E-state index < -0.39 is 0 Å². The van der Waals surface area contributed by atoms with E-state index in [0.29, 0.717) is 12.6 Å². The van der Waals surface area contributed by atoms with Crippen LogP contribution in [0.25, 0.3) is 22.3 Å². The maximum absolute atomic E-state index is 12.6. The van der Waals surface area contributed by atoms with Gasteiger partial charge in [0.2, 0.25) is 0 Å². The monoisotopic (exact) mass is 428 g/mol. The van der Waals surface area contributed by atoms with Crippen molar-refractivity contribution >= 4 is 5.91 Å². The molecular weight excluding hydrogens is 396 g/mol. The smallest absolute Gasteiger partial charge is 0.268 e. The molecule has 0 radical (unpaired) electrons. The first kappa shape index (κ1) is 21.0. The SMILES string of the molecule is CN1CCC(NCCC2CNC(=O)c3cc(-c4ccccc4-c4ccccc4)cn32)CC1. The van der Waals surface area contributed by atoms with Gasteiger partial charge in [-0.15, -0.1) is 0 Å². The number of rotatable bonds is 6. The summed E-state index contributed by atoms with van der Waals surface area (Å²) in [4.78, 5) is 15.0. The molecule has 1 aromatic heterocycles. The van der Waals surface area contributed by atoms with Gasteiger partial charge >= 0.3 is 0 Å². The molecule has 1 saturated heterocycles. The van der Waals surface area contributed by atoms with Gasteiger partial charge in [0, 0.05) is 24.3 Å². The number of aromatic nitrogens is 1. The molecule has 3 aromatic rings. The average molecular weight is 429 g/mol. The lowest BCUT2D eigenvalue weighted by Crippen LogP contribution is -2.43. The highest BCUT2D eigenvalue weighted by atomic mass is 16.2. The van der Waals surface area contributed by atoms with Crippen LogP contribution in [0.4, 0.5) is 0 Å². The summed E-state index contributed by atoms with van der Waals surface area (Å²) in [5.74, 6) is 0.0213. The molecule has 5 rings (SSSR count). The predicted molar refractivity (Wildman–Crippen MR) is 130 cm³/mol. The summed E-state index contributed by atoms with van der Waals surface area (Å²) in [7, 11) is 2.20. The summed E-state index contributed by atoms with van der Waals surface area (Å²) in [6.45, 7) is 4.00. The minimum absolute atomic E-state index is 0.0213. The van der Waals surface area contributed by atoms with Gasteiger partial charge in [-0.05, 0) is 68.7 Å². The van der Waals surface area contributed by atoms with Crippen LogP contribution in [0, 0.1) is 0 Å². The fourth-order valence-electron chi connectivity index (χ4n) is 5.02. The van der Waals surface area contributed by atoms with Crippen molar-refractivity contribution in [1.29, 1.82) is 0 Å². The second kappa shape index (κ2) is 9.31. The van der Waals surface area contributed by atoms with Crippen molar-refractivity contribution in [2.45, 2.75) is 31.3 Å². The minimum atomic E-state index is 0.0213. The van der Waals surface area contributed by atoms with Crippen molar-refractivity contribution < 1.29 is 4.79 Å². The van der Waals surface area contributed by atoms with Crippen molar-refractivity contribution in [1.82, 2.24) is 20.1 Å². The quantitative estimate of drug-likeness (QED) is 0.619. The van der Waals surface area contributed by atoms with Gasteiger partial charge in [-0.25, -0.2) is 0 Å². The number of amides is 1. The Morgan fingerprint density at radius 3 is 2.41 bits per heavy atom. The molecule has 0 aliphatic carbocycles. The molecule has 0 bridgehead atoms. The highest BCUT2D eigenvalue weighted by Crippen LogP contribution is 2.34. The summed E-state index contributed by atoms with van der Waals surface area (Å²) in [5.41, 5.74) is 5.41. The van der Waals surface area contributed by atoms with Gasteiger partial charge in [0.05, 0.1) is 6.04 Å². The van der Waals surface area contributed by atoms with Crippen molar-refractivity contribution in [3.05, 3.63) is 72.6 Å². The number of hydrogen-bond acceptors (Lipinski definition) is 3. The molecule has 1 unspecified atom stereocenters. The van der Waals surface area contributed by atoms with E-state index >= 15 is 0 Å². The lowest BCUT2D eigenvalue weighted by Gasteiger charge is -2.31.